The van der Waals surface area contributed by atoms with Crippen LogP contribution >= 0.6 is 0 Å². The van der Waals surface area contributed by atoms with Crippen molar-refractivity contribution in [1.82, 2.24) is 14.8 Å². The van der Waals surface area contributed by atoms with E-state index >= 15 is 0 Å². The molecule has 1 rings (SSSR count). The zero-order valence-corrected chi connectivity index (χ0v) is 13.1. The molecule has 0 radical (unpaired) electrons. The summed E-state index contributed by atoms with van der Waals surface area (Å²) in [6, 6.07) is 0. The van der Waals surface area contributed by atoms with Crippen LogP contribution in [-0.2, 0) is 14.6 Å². The predicted molar refractivity (Wildman–Crippen MR) is 77.6 cm³/mol. The Labute approximate surface area is 123 Å². The number of nitrogens with zero attached hydrogens (tertiary/aromatic N) is 4. The number of hydrogen-bond donors (Lipinski definition) is 1. The fourth-order valence-electron chi connectivity index (χ4n) is 1.57. The molecule has 1 unspecified atom stereocenters. The lowest BCUT2D eigenvalue weighted by Gasteiger charge is -2.14. The van der Waals surface area contributed by atoms with Gasteiger partial charge in [0.05, 0.1) is 10.2 Å². The van der Waals surface area contributed by atoms with Gasteiger partial charge in [0.25, 0.3) is 0 Å². The van der Waals surface area contributed by atoms with Crippen LogP contribution in [0.5, 0.6) is 0 Å². The van der Waals surface area contributed by atoms with E-state index in [4.69, 9.17) is 0 Å². The highest BCUT2D eigenvalue weighted by Crippen LogP contribution is 2.18. The highest BCUT2D eigenvalue weighted by molar-refractivity contribution is 7.96. The summed E-state index contributed by atoms with van der Waals surface area (Å²) in [5, 5.41) is 12.4. The average Bonchev–Trinajstić information content (AvgIpc) is 2.91. The maximum Gasteiger partial charge on any atom is 0.355 e. The highest BCUT2D eigenvalue weighted by Gasteiger charge is 2.30. The summed E-state index contributed by atoms with van der Waals surface area (Å²) in [6.07, 6.45) is 3.22. The number of aliphatic imine (C=N–C) groups is 1. The SMILES string of the molecule is C/C=C(\C(=NC(C)n1cncn1)C(=O)O)S(=O)(=O)C(C)C. The lowest BCUT2D eigenvalue weighted by Crippen LogP contribution is -2.27. The van der Waals surface area contributed by atoms with Crippen molar-refractivity contribution in [3.05, 3.63) is 23.6 Å². The van der Waals surface area contributed by atoms with Crippen LogP contribution in [0.3, 0.4) is 0 Å². The molecule has 0 aromatic carbocycles. The fourth-order valence-corrected chi connectivity index (χ4v) is 2.82. The molecule has 9 heteroatoms. The van der Waals surface area contributed by atoms with Gasteiger partial charge in [0, 0.05) is 0 Å². The number of allylic oxidation sites excluding steroid dienone is 1. The van der Waals surface area contributed by atoms with Crippen LogP contribution in [0.2, 0.25) is 0 Å². The molecule has 21 heavy (non-hydrogen) atoms. The highest BCUT2D eigenvalue weighted by atomic mass is 32.2. The third kappa shape index (κ3) is 3.75. The van der Waals surface area contributed by atoms with E-state index in [9.17, 15) is 18.3 Å². The van der Waals surface area contributed by atoms with Crippen molar-refractivity contribution in [1.29, 1.82) is 0 Å². The number of carboxylic acids is 1. The molecule has 1 heterocycles. The van der Waals surface area contributed by atoms with Gasteiger partial charge in [-0.15, -0.1) is 0 Å². The summed E-state index contributed by atoms with van der Waals surface area (Å²) in [5.41, 5.74) is -0.505. The molecule has 1 atom stereocenters. The molecule has 0 bridgehead atoms. The van der Waals surface area contributed by atoms with Crippen LogP contribution in [0, 0.1) is 0 Å². The van der Waals surface area contributed by atoms with Gasteiger partial charge in [0.1, 0.15) is 18.8 Å². The first-order chi connectivity index (χ1) is 9.71. The number of sulfone groups is 1. The summed E-state index contributed by atoms with van der Waals surface area (Å²) in [7, 11) is -3.74. The van der Waals surface area contributed by atoms with E-state index in [1.165, 1.54) is 44.2 Å². The molecular formula is C12H18N4O4S. The summed E-state index contributed by atoms with van der Waals surface area (Å²) >= 11 is 0. The van der Waals surface area contributed by atoms with Crippen molar-refractivity contribution < 1.29 is 18.3 Å². The van der Waals surface area contributed by atoms with E-state index in [2.05, 4.69) is 15.1 Å². The molecule has 0 saturated carbocycles. The van der Waals surface area contributed by atoms with Gasteiger partial charge in [-0.3, -0.25) is 0 Å². The van der Waals surface area contributed by atoms with Crippen LogP contribution in [-0.4, -0.2) is 45.2 Å². The zero-order valence-electron chi connectivity index (χ0n) is 12.3. The molecule has 116 valence electrons. The Kier molecular flexibility index (Phi) is 5.36. The van der Waals surface area contributed by atoms with Gasteiger partial charge in [-0.2, -0.15) is 5.10 Å². The van der Waals surface area contributed by atoms with Crippen molar-refractivity contribution in [3.63, 3.8) is 0 Å². The van der Waals surface area contributed by atoms with Gasteiger partial charge in [-0.25, -0.2) is 27.9 Å². The molecule has 0 aliphatic rings. The molecule has 0 spiro atoms. The van der Waals surface area contributed by atoms with Crippen LogP contribution < -0.4 is 0 Å². The number of aliphatic carboxylic acids is 1. The van der Waals surface area contributed by atoms with Crippen LogP contribution in [0.1, 0.15) is 33.9 Å². The van der Waals surface area contributed by atoms with E-state index in [1.807, 2.05) is 0 Å². The number of carbonyl (C=O) groups is 1. The van der Waals surface area contributed by atoms with Gasteiger partial charge < -0.3 is 5.11 Å². The summed E-state index contributed by atoms with van der Waals surface area (Å²) in [5.74, 6) is -1.40. The molecule has 0 saturated heterocycles. The smallest absolute Gasteiger partial charge is 0.355 e. The van der Waals surface area contributed by atoms with Crippen molar-refractivity contribution in [2.45, 2.75) is 39.1 Å². The fraction of sp³-hybridized carbons (Fsp3) is 0.500. The second-order valence-electron chi connectivity index (χ2n) is 4.54. The average molecular weight is 314 g/mol. The van der Waals surface area contributed by atoms with Crippen LogP contribution in [0.4, 0.5) is 0 Å². The number of rotatable bonds is 6. The van der Waals surface area contributed by atoms with Crippen LogP contribution in [0.15, 0.2) is 28.6 Å². The van der Waals surface area contributed by atoms with E-state index in [0.717, 1.165) is 0 Å². The molecule has 0 aliphatic carbocycles. The number of carboxylic acid groups (broad SMARTS) is 1. The van der Waals surface area contributed by atoms with E-state index in [1.54, 1.807) is 6.92 Å². The van der Waals surface area contributed by atoms with Crippen molar-refractivity contribution in [2.24, 2.45) is 4.99 Å². The van der Waals surface area contributed by atoms with Gasteiger partial charge in [-0.1, -0.05) is 6.08 Å². The van der Waals surface area contributed by atoms with Crippen LogP contribution in [0.25, 0.3) is 0 Å². The van der Waals surface area contributed by atoms with Gasteiger partial charge >= 0.3 is 5.97 Å². The lowest BCUT2D eigenvalue weighted by molar-refractivity contribution is -0.129. The Morgan fingerprint density at radius 2 is 2.00 bits per heavy atom. The lowest BCUT2D eigenvalue weighted by atomic mass is 10.3. The van der Waals surface area contributed by atoms with E-state index in [-0.39, 0.29) is 4.91 Å². The third-order valence-electron chi connectivity index (χ3n) is 2.76. The van der Waals surface area contributed by atoms with Crippen molar-refractivity contribution in [3.8, 4) is 0 Å². The maximum atomic E-state index is 12.2. The van der Waals surface area contributed by atoms with E-state index in [0.29, 0.717) is 0 Å². The first-order valence-corrected chi connectivity index (χ1v) is 7.82. The Morgan fingerprint density at radius 1 is 1.38 bits per heavy atom. The Morgan fingerprint density at radius 3 is 2.38 bits per heavy atom. The summed E-state index contributed by atoms with van der Waals surface area (Å²) in [6.45, 7) is 6.03. The summed E-state index contributed by atoms with van der Waals surface area (Å²) < 4.78 is 25.8. The number of aromatic nitrogens is 3. The van der Waals surface area contributed by atoms with Crippen molar-refractivity contribution in [2.75, 3.05) is 0 Å². The Hall–Kier alpha value is -2.03. The zero-order chi connectivity index (χ0) is 16.2. The molecule has 0 fully saturated rings. The minimum Gasteiger partial charge on any atom is -0.476 e. The quantitative estimate of drug-likeness (QED) is 0.785. The number of hydrogen-bond acceptors (Lipinski definition) is 6. The maximum absolute atomic E-state index is 12.2. The predicted octanol–water partition coefficient (Wildman–Crippen LogP) is 1.05. The first-order valence-electron chi connectivity index (χ1n) is 6.27. The summed E-state index contributed by atoms with van der Waals surface area (Å²) in [4.78, 5) is 18.8. The van der Waals surface area contributed by atoms with E-state index < -0.39 is 32.9 Å². The second-order valence-corrected chi connectivity index (χ2v) is 7.01. The minimum atomic E-state index is -3.74. The third-order valence-corrected chi connectivity index (χ3v) is 5.04. The standard InChI is InChI=1S/C12H18N4O4S/c1-5-10(21(19,20)8(2)3)11(12(17)18)15-9(4)16-7-13-6-14-16/h5-9H,1-4H3,(H,17,18)/b10-5+,15-11?. The monoisotopic (exact) mass is 314 g/mol. The molecule has 0 amide bonds. The molecule has 1 aromatic heterocycles. The topological polar surface area (TPSA) is 115 Å². The van der Waals surface area contributed by atoms with Crippen molar-refractivity contribution >= 4 is 21.5 Å². The minimum absolute atomic E-state index is 0.294. The molecule has 1 aromatic rings. The molecular weight excluding hydrogens is 296 g/mol. The Bertz CT molecular complexity index is 659. The van der Waals surface area contributed by atoms with Gasteiger partial charge in [0.2, 0.25) is 0 Å². The van der Waals surface area contributed by atoms with Gasteiger partial charge in [0.15, 0.2) is 15.5 Å². The largest absolute Gasteiger partial charge is 0.476 e. The normalized spacial score (nSPS) is 15.3. The first kappa shape index (κ1) is 17.0. The van der Waals surface area contributed by atoms with Gasteiger partial charge in [-0.05, 0) is 27.7 Å². The Balaban J connectivity index is 3.33. The molecule has 8 nitrogen and oxygen atoms in total. The molecule has 0 aliphatic heterocycles. The molecule has 1 N–H and O–H groups in total. The second kappa shape index (κ2) is 6.61.